The minimum absolute atomic E-state index is 0.316. The van der Waals surface area contributed by atoms with Crippen LogP contribution in [-0.2, 0) is 14.4 Å². The molecule has 2 aromatic rings. The Morgan fingerprint density at radius 3 is 2.53 bits per heavy atom. The molecule has 34 heavy (non-hydrogen) atoms. The minimum atomic E-state index is -1.28. The molecule has 2 atom stereocenters. The third kappa shape index (κ3) is 6.15. The van der Waals surface area contributed by atoms with Crippen LogP contribution in [0.25, 0.3) is 0 Å². The van der Waals surface area contributed by atoms with E-state index in [1.165, 1.54) is 35.8 Å². The third-order valence-electron chi connectivity index (χ3n) is 5.02. The van der Waals surface area contributed by atoms with Crippen LogP contribution in [0.1, 0.15) is 51.7 Å². The quantitative estimate of drug-likeness (QED) is 0.557. The molecule has 1 aliphatic heterocycles. The number of aliphatic hydroxyl groups excluding tert-OH is 1. The van der Waals surface area contributed by atoms with Crippen LogP contribution in [0.2, 0.25) is 0 Å². The van der Waals surface area contributed by atoms with Crippen LogP contribution in [0.5, 0.6) is 0 Å². The van der Waals surface area contributed by atoms with Gasteiger partial charge in [0.1, 0.15) is 27.4 Å². The Balaban J connectivity index is 1.90. The van der Waals surface area contributed by atoms with E-state index < -0.39 is 34.4 Å². The second-order valence-corrected chi connectivity index (χ2v) is 10.3. The van der Waals surface area contributed by atoms with Gasteiger partial charge < -0.3 is 15.2 Å². The average molecular weight is 488 g/mol. The molecule has 0 radical (unpaired) electrons. The molecule has 0 aromatic heterocycles. The SMILES string of the molecule is C[C@H](O)C(=O)N1N=C(c2cccc(F)c2)S[C@@]1(CCCNC(=O)OC(C)(C)C)c1ccccc1. The summed E-state index contributed by atoms with van der Waals surface area (Å²) < 4.78 is 19.2. The summed E-state index contributed by atoms with van der Waals surface area (Å²) in [5.41, 5.74) is 0.740. The first kappa shape index (κ1) is 25.7. The van der Waals surface area contributed by atoms with Crippen LogP contribution in [0.4, 0.5) is 9.18 Å². The molecule has 0 saturated heterocycles. The van der Waals surface area contributed by atoms with Gasteiger partial charge in [-0.15, -0.1) is 0 Å². The first-order chi connectivity index (χ1) is 16.0. The maximum absolute atomic E-state index is 13.9. The highest BCUT2D eigenvalue weighted by atomic mass is 32.2. The van der Waals surface area contributed by atoms with Gasteiger partial charge >= 0.3 is 6.09 Å². The lowest BCUT2D eigenvalue weighted by Crippen LogP contribution is -2.45. The molecule has 7 nitrogen and oxygen atoms in total. The van der Waals surface area contributed by atoms with E-state index in [0.29, 0.717) is 30.0 Å². The molecule has 2 amide bonds. The van der Waals surface area contributed by atoms with Gasteiger partial charge in [-0.2, -0.15) is 5.10 Å². The maximum Gasteiger partial charge on any atom is 0.407 e. The number of hydrazone groups is 1. The Labute approximate surface area is 203 Å². The monoisotopic (exact) mass is 487 g/mol. The highest BCUT2D eigenvalue weighted by Crippen LogP contribution is 2.50. The van der Waals surface area contributed by atoms with E-state index >= 15 is 0 Å². The van der Waals surface area contributed by atoms with Gasteiger partial charge in [-0.05, 0) is 58.2 Å². The first-order valence-electron chi connectivity index (χ1n) is 11.1. The Hall–Kier alpha value is -2.91. The van der Waals surface area contributed by atoms with Crippen molar-refractivity contribution >= 4 is 28.8 Å². The number of aliphatic hydroxyl groups is 1. The lowest BCUT2D eigenvalue weighted by molar-refractivity contribution is -0.143. The van der Waals surface area contributed by atoms with Crippen molar-refractivity contribution in [3.63, 3.8) is 0 Å². The number of alkyl carbamates (subject to hydrolysis) is 1. The number of amides is 2. The molecule has 1 aliphatic rings. The summed E-state index contributed by atoms with van der Waals surface area (Å²) >= 11 is 1.33. The predicted molar refractivity (Wildman–Crippen MR) is 131 cm³/mol. The van der Waals surface area contributed by atoms with Crippen molar-refractivity contribution in [2.75, 3.05) is 6.54 Å². The third-order valence-corrected chi connectivity index (χ3v) is 6.48. The summed E-state index contributed by atoms with van der Waals surface area (Å²) in [7, 11) is 0. The minimum Gasteiger partial charge on any atom is -0.444 e. The molecule has 0 fully saturated rings. The van der Waals surface area contributed by atoms with E-state index in [4.69, 9.17) is 4.74 Å². The smallest absolute Gasteiger partial charge is 0.407 e. The molecule has 2 N–H and O–H groups in total. The number of carbonyl (C=O) groups is 2. The molecule has 0 bridgehead atoms. The van der Waals surface area contributed by atoms with Crippen LogP contribution in [0, 0.1) is 5.82 Å². The number of hydrogen-bond donors (Lipinski definition) is 2. The Bertz CT molecular complexity index is 1060. The van der Waals surface area contributed by atoms with E-state index in [-0.39, 0.29) is 0 Å². The maximum atomic E-state index is 13.9. The number of thioether (sulfide) groups is 1. The summed E-state index contributed by atoms with van der Waals surface area (Å²) in [6.07, 6.45) is -0.886. The Kier molecular flexibility index (Phi) is 7.99. The van der Waals surface area contributed by atoms with Crippen molar-refractivity contribution in [2.24, 2.45) is 5.10 Å². The molecular formula is C25H30FN3O4S. The van der Waals surface area contributed by atoms with Crippen molar-refractivity contribution < 1.29 is 23.8 Å². The molecule has 0 unspecified atom stereocenters. The average Bonchev–Trinajstić information content (AvgIpc) is 3.16. The van der Waals surface area contributed by atoms with Crippen LogP contribution in [0.3, 0.4) is 0 Å². The molecule has 1 heterocycles. The van der Waals surface area contributed by atoms with E-state index in [2.05, 4.69) is 10.4 Å². The number of halogens is 1. The number of carbonyl (C=O) groups excluding carboxylic acids is 2. The predicted octanol–water partition coefficient (Wildman–Crippen LogP) is 4.60. The van der Waals surface area contributed by atoms with Crippen molar-refractivity contribution in [3.05, 3.63) is 71.5 Å². The number of nitrogens with one attached hydrogen (secondary N) is 1. The van der Waals surface area contributed by atoms with Gasteiger partial charge in [0.15, 0.2) is 0 Å². The molecule has 0 aliphatic carbocycles. The summed E-state index contributed by atoms with van der Waals surface area (Å²) in [5.74, 6) is -0.976. The normalized spacial score (nSPS) is 18.9. The van der Waals surface area contributed by atoms with Gasteiger partial charge in [-0.25, -0.2) is 14.2 Å². The van der Waals surface area contributed by atoms with Crippen molar-refractivity contribution in [3.8, 4) is 0 Å². The largest absolute Gasteiger partial charge is 0.444 e. The highest BCUT2D eigenvalue weighted by molar-refractivity contribution is 8.15. The zero-order chi connectivity index (χ0) is 24.9. The number of benzene rings is 2. The van der Waals surface area contributed by atoms with Gasteiger partial charge in [0, 0.05) is 12.1 Å². The lowest BCUT2D eigenvalue weighted by Gasteiger charge is -2.36. The molecule has 0 spiro atoms. The zero-order valence-electron chi connectivity index (χ0n) is 19.7. The molecule has 3 rings (SSSR count). The van der Waals surface area contributed by atoms with E-state index in [9.17, 15) is 19.1 Å². The van der Waals surface area contributed by atoms with Crippen LogP contribution >= 0.6 is 11.8 Å². The zero-order valence-corrected chi connectivity index (χ0v) is 20.6. The van der Waals surface area contributed by atoms with Gasteiger partial charge in [-0.1, -0.05) is 54.2 Å². The van der Waals surface area contributed by atoms with Crippen LogP contribution in [0.15, 0.2) is 59.7 Å². The fourth-order valence-corrected chi connectivity index (χ4v) is 4.96. The fraction of sp³-hybridized carbons (Fsp3) is 0.400. The highest BCUT2D eigenvalue weighted by Gasteiger charge is 2.49. The summed E-state index contributed by atoms with van der Waals surface area (Å²) in [6, 6.07) is 15.4. The number of ether oxygens (including phenoxy) is 1. The summed E-state index contributed by atoms with van der Waals surface area (Å²) in [5, 5.41) is 19.2. The summed E-state index contributed by atoms with van der Waals surface area (Å²) in [4.78, 5) is 24.1. The van der Waals surface area contributed by atoms with Gasteiger partial charge in [0.05, 0.1) is 0 Å². The van der Waals surface area contributed by atoms with E-state index in [0.717, 1.165) is 5.56 Å². The van der Waals surface area contributed by atoms with Gasteiger partial charge in [0.2, 0.25) is 0 Å². The van der Waals surface area contributed by atoms with Crippen molar-refractivity contribution in [1.82, 2.24) is 10.3 Å². The van der Waals surface area contributed by atoms with E-state index in [1.807, 2.05) is 30.3 Å². The van der Waals surface area contributed by atoms with Crippen molar-refractivity contribution in [1.29, 1.82) is 0 Å². The second kappa shape index (κ2) is 10.6. The number of nitrogens with zero attached hydrogens (tertiary/aromatic N) is 2. The molecule has 0 saturated carbocycles. The second-order valence-electron chi connectivity index (χ2n) is 9.03. The molecule has 9 heteroatoms. The molecule has 2 aromatic carbocycles. The number of rotatable bonds is 7. The number of hydrogen-bond acceptors (Lipinski definition) is 6. The van der Waals surface area contributed by atoms with Crippen molar-refractivity contribution in [2.45, 2.75) is 57.1 Å². The van der Waals surface area contributed by atoms with Gasteiger partial charge in [-0.3, -0.25) is 4.79 Å². The van der Waals surface area contributed by atoms with Gasteiger partial charge in [0.25, 0.3) is 5.91 Å². The first-order valence-corrected chi connectivity index (χ1v) is 11.9. The summed E-state index contributed by atoms with van der Waals surface area (Å²) in [6.45, 7) is 7.07. The molecular weight excluding hydrogens is 457 g/mol. The van der Waals surface area contributed by atoms with E-state index in [1.54, 1.807) is 32.9 Å². The topological polar surface area (TPSA) is 91.2 Å². The van der Waals surface area contributed by atoms with Crippen LogP contribution in [-0.4, -0.2) is 45.4 Å². The lowest BCUT2D eigenvalue weighted by atomic mass is 9.99. The Morgan fingerprint density at radius 2 is 1.91 bits per heavy atom. The van der Waals surface area contributed by atoms with Crippen LogP contribution < -0.4 is 5.32 Å². The molecule has 182 valence electrons. The standard InChI is InChI=1S/C25H30FN3O4S/c1-17(30)22(31)29-25(19-11-6-5-7-12-19,14-9-15-27-23(32)33-24(2,3)4)34-21(28-29)18-10-8-13-20(26)16-18/h5-8,10-13,16-17,30H,9,14-15H2,1-4H3,(H,27,32)/t17-,25-/m0/s1. The fourth-order valence-electron chi connectivity index (χ4n) is 3.55. The Morgan fingerprint density at radius 1 is 1.21 bits per heavy atom.